The van der Waals surface area contributed by atoms with Gasteiger partial charge in [0.2, 0.25) is 0 Å². The number of esters is 1. The van der Waals surface area contributed by atoms with E-state index in [2.05, 4.69) is 24.4 Å². The lowest BCUT2D eigenvalue weighted by Crippen LogP contribution is -2.55. The molecule has 25 heavy (non-hydrogen) atoms. The lowest BCUT2D eigenvalue weighted by atomic mass is 9.52. The maximum Gasteiger partial charge on any atom is 0.407 e. The van der Waals surface area contributed by atoms with E-state index < -0.39 is 17.3 Å². The zero-order valence-corrected chi connectivity index (χ0v) is 16.6. The van der Waals surface area contributed by atoms with E-state index in [1.54, 1.807) is 0 Å². The first-order chi connectivity index (χ1) is 11.3. The van der Waals surface area contributed by atoms with Crippen LogP contribution in [0.2, 0.25) is 0 Å². The Morgan fingerprint density at radius 3 is 2.20 bits per heavy atom. The van der Waals surface area contributed by atoms with Crippen LogP contribution in [0.5, 0.6) is 0 Å². The molecule has 0 spiro atoms. The summed E-state index contributed by atoms with van der Waals surface area (Å²) in [6.45, 7) is 13.8. The number of hydrogen-bond donors (Lipinski definition) is 1. The molecular formula is C20H33NO4. The van der Waals surface area contributed by atoms with Crippen molar-refractivity contribution in [3.05, 3.63) is 12.2 Å². The third kappa shape index (κ3) is 4.99. The van der Waals surface area contributed by atoms with Crippen LogP contribution in [-0.4, -0.2) is 29.8 Å². The van der Waals surface area contributed by atoms with Gasteiger partial charge < -0.3 is 14.8 Å². The molecule has 1 N–H and O–H groups in total. The van der Waals surface area contributed by atoms with E-state index >= 15 is 0 Å². The number of hydrogen-bond acceptors (Lipinski definition) is 4. The topological polar surface area (TPSA) is 64.6 Å². The molecule has 5 nitrogen and oxygen atoms in total. The molecule has 1 unspecified atom stereocenters. The summed E-state index contributed by atoms with van der Waals surface area (Å²) < 4.78 is 10.9. The van der Waals surface area contributed by atoms with Gasteiger partial charge in [-0.15, -0.1) is 0 Å². The number of fused-ring (bicyclic) bond motifs is 1. The zero-order chi connectivity index (χ0) is 19.0. The summed E-state index contributed by atoms with van der Waals surface area (Å²) in [6.07, 6.45) is 5.23. The molecule has 0 bridgehead atoms. The van der Waals surface area contributed by atoms with Gasteiger partial charge in [0.05, 0.1) is 6.42 Å². The Balaban J connectivity index is 2.03. The Morgan fingerprint density at radius 1 is 1.08 bits per heavy atom. The van der Waals surface area contributed by atoms with Gasteiger partial charge >= 0.3 is 12.1 Å². The molecule has 0 aromatic heterocycles. The number of nitrogens with one attached hydrogen (secondary N) is 1. The zero-order valence-electron chi connectivity index (χ0n) is 16.6. The quantitative estimate of drug-likeness (QED) is 0.612. The largest absolute Gasteiger partial charge is 0.460 e. The van der Waals surface area contributed by atoms with Gasteiger partial charge in [0, 0.05) is 12.0 Å². The first-order valence-corrected chi connectivity index (χ1v) is 9.18. The molecule has 4 atom stereocenters. The van der Waals surface area contributed by atoms with Crippen molar-refractivity contribution in [3.8, 4) is 0 Å². The van der Waals surface area contributed by atoms with Gasteiger partial charge in [0.15, 0.2) is 0 Å². The lowest BCUT2D eigenvalue weighted by molar-refractivity contribution is -0.163. The maximum atomic E-state index is 12.4. The lowest BCUT2D eigenvalue weighted by Gasteiger charge is -2.53. The van der Waals surface area contributed by atoms with Crippen LogP contribution in [0.25, 0.3) is 0 Å². The van der Waals surface area contributed by atoms with E-state index in [1.807, 2.05) is 41.5 Å². The Labute approximate surface area is 151 Å². The van der Waals surface area contributed by atoms with E-state index in [1.165, 1.54) is 0 Å². The Morgan fingerprint density at radius 2 is 1.68 bits per heavy atom. The number of ether oxygens (including phenoxy) is 2. The van der Waals surface area contributed by atoms with Crippen LogP contribution in [0.15, 0.2) is 12.2 Å². The highest BCUT2D eigenvalue weighted by Gasteiger charge is 2.56. The molecule has 0 aromatic rings. The van der Waals surface area contributed by atoms with Gasteiger partial charge in [-0.2, -0.15) is 0 Å². The predicted octanol–water partition coefficient (Wildman–Crippen LogP) is 4.07. The van der Waals surface area contributed by atoms with Crippen LogP contribution in [0.1, 0.15) is 61.3 Å². The van der Waals surface area contributed by atoms with Crippen LogP contribution in [0.4, 0.5) is 4.79 Å². The first-order valence-electron chi connectivity index (χ1n) is 9.18. The molecule has 0 saturated heterocycles. The van der Waals surface area contributed by atoms with E-state index in [0.717, 1.165) is 6.42 Å². The first kappa shape index (κ1) is 19.8. The average Bonchev–Trinajstić information content (AvgIpc) is 2.66. The predicted molar refractivity (Wildman–Crippen MR) is 97.0 cm³/mol. The third-order valence-electron chi connectivity index (χ3n) is 5.01. The van der Waals surface area contributed by atoms with Crippen LogP contribution in [-0.2, 0) is 14.3 Å². The number of allylic oxidation sites excluding steroid dienone is 2. The summed E-state index contributed by atoms with van der Waals surface area (Å²) >= 11 is 0. The van der Waals surface area contributed by atoms with Crippen molar-refractivity contribution in [1.82, 2.24) is 5.32 Å². The summed E-state index contributed by atoms with van der Waals surface area (Å²) in [7, 11) is 0. The second-order valence-corrected chi connectivity index (χ2v) is 9.62. The molecule has 142 valence electrons. The van der Waals surface area contributed by atoms with Gasteiger partial charge in [-0.25, -0.2) is 4.79 Å². The maximum absolute atomic E-state index is 12.4. The van der Waals surface area contributed by atoms with Crippen molar-refractivity contribution in [2.45, 2.75) is 72.5 Å². The summed E-state index contributed by atoms with van der Waals surface area (Å²) in [6, 6.07) is 0. The monoisotopic (exact) mass is 351 g/mol. The van der Waals surface area contributed by atoms with Crippen molar-refractivity contribution in [2.24, 2.45) is 23.2 Å². The van der Waals surface area contributed by atoms with E-state index in [9.17, 15) is 9.59 Å². The molecule has 0 aromatic carbocycles. The summed E-state index contributed by atoms with van der Waals surface area (Å²) in [5.41, 5.74) is -1.31. The van der Waals surface area contributed by atoms with Crippen molar-refractivity contribution in [2.75, 3.05) is 6.54 Å². The second kappa shape index (κ2) is 6.65. The van der Waals surface area contributed by atoms with Crippen LogP contribution in [0.3, 0.4) is 0 Å². The minimum Gasteiger partial charge on any atom is -0.460 e. The minimum absolute atomic E-state index is 0.204. The van der Waals surface area contributed by atoms with Gasteiger partial charge in [-0.1, -0.05) is 19.1 Å². The molecule has 2 aliphatic rings. The fraction of sp³-hybridized carbons (Fsp3) is 0.800. The smallest absolute Gasteiger partial charge is 0.407 e. The number of rotatable bonds is 4. The van der Waals surface area contributed by atoms with Gasteiger partial charge in [0.1, 0.15) is 11.2 Å². The van der Waals surface area contributed by atoms with Gasteiger partial charge in [-0.3, -0.25) is 4.79 Å². The number of alkyl carbamates (subject to hydrolysis) is 1. The summed E-state index contributed by atoms with van der Waals surface area (Å²) in [4.78, 5) is 24.5. The van der Waals surface area contributed by atoms with Crippen LogP contribution >= 0.6 is 0 Å². The number of amides is 1. The third-order valence-corrected chi connectivity index (χ3v) is 5.01. The molecule has 0 aliphatic heterocycles. The van der Waals surface area contributed by atoms with Crippen LogP contribution < -0.4 is 5.32 Å². The van der Waals surface area contributed by atoms with E-state index in [4.69, 9.17) is 9.47 Å². The highest BCUT2D eigenvalue weighted by atomic mass is 16.6. The van der Waals surface area contributed by atoms with Crippen LogP contribution in [0, 0.1) is 23.2 Å². The highest BCUT2D eigenvalue weighted by Crippen LogP contribution is 2.59. The SMILES string of the molecule is CC1C=C[C@@H]2[C@H]1C[C@@]2(CNC(=O)OC(C)(C)C)CC(=O)OC(C)(C)C. The molecular weight excluding hydrogens is 318 g/mol. The van der Waals surface area contributed by atoms with E-state index in [-0.39, 0.29) is 11.4 Å². The standard InChI is InChI=1S/C20H33NO4/c1-13-8-9-15-14(13)10-20(15,11-16(22)24-18(2,3)4)12-21-17(23)25-19(5,6)7/h8-9,13-15H,10-12H2,1-7H3,(H,21,23)/t13?,14-,15+,20-/m0/s1. The molecule has 2 rings (SSSR count). The highest BCUT2D eigenvalue weighted by molar-refractivity contribution is 5.72. The average molecular weight is 351 g/mol. The summed E-state index contributed by atoms with van der Waals surface area (Å²) in [5, 5.41) is 2.87. The minimum atomic E-state index is -0.535. The molecule has 0 heterocycles. The normalized spacial score (nSPS) is 31.1. The summed E-state index contributed by atoms with van der Waals surface area (Å²) in [5.74, 6) is 1.19. The fourth-order valence-electron chi connectivity index (χ4n) is 3.99. The molecule has 1 fully saturated rings. The van der Waals surface area contributed by atoms with Crippen molar-refractivity contribution in [3.63, 3.8) is 0 Å². The molecule has 0 radical (unpaired) electrons. The molecule has 1 amide bonds. The van der Waals surface area contributed by atoms with Gasteiger partial charge in [0.25, 0.3) is 0 Å². The molecule has 2 aliphatic carbocycles. The number of carbonyl (C=O) groups excluding carboxylic acids is 2. The Bertz CT molecular complexity index is 555. The van der Waals surface area contributed by atoms with Crippen molar-refractivity contribution < 1.29 is 19.1 Å². The van der Waals surface area contributed by atoms with E-state index in [0.29, 0.717) is 30.7 Å². The Hall–Kier alpha value is -1.52. The second-order valence-electron chi connectivity index (χ2n) is 9.62. The molecule has 5 heteroatoms. The van der Waals surface area contributed by atoms with Crippen molar-refractivity contribution >= 4 is 12.1 Å². The molecule has 1 saturated carbocycles. The Kier molecular flexibility index (Phi) is 5.27. The fourth-order valence-corrected chi connectivity index (χ4v) is 3.99. The van der Waals surface area contributed by atoms with Gasteiger partial charge in [-0.05, 0) is 65.7 Å². The number of carbonyl (C=O) groups is 2. The van der Waals surface area contributed by atoms with Crippen molar-refractivity contribution in [1.29, 1.82) is 0 Å².